The Morgan fingerprint density at radius 2 is 1.59 bits per heavy atom. The highest BCUT2D eigenvalue weighted by Crippen LogP contribution is 2.44. The van der Waals surface area contributed by atoms with Gasteiger partial charge in [-0.1, -0.05) is 54.1 Å². The van der Waals surface area contributed by atoms with E-state index in [-0.39, 0.29) is 37.9 Å². The molecule has 2 aromatic rings. The Balaban J connectivity index is 1.69. The topological polar surface area (TPSA) is 43.9 Å². The Bertz CT molecular complexity index is 934. The average Bonchev–Trinajstić information content (AvgIpc) is 3.07. The predicted molar refractivity (Wildman–Crippen MR) is 112 cm³/mol. The molecule has 0 spiro atoms. The molecular weight excluding hydrogens is 413 g/mol. The summed E-state index contributed by atoms with van der Waals surface area (Å²) in [6, 6.07) is 17.4. The number of nitrogens with zero attached hydrogens (tertiary/aromatic N) is 3. The molecule has 0 bridgehead atoms. The molecule has 2 fully saturated rings. The number of hydrogen-bond donors (Lipinski definition) is 0. The largest absolute Gasteiger partial charge is 0.295 e. The fraction of sp³-hybridized carbons (Fsp3) is 0.429. The van der Waals surface area contributed by atoms with Crippen LogP contribution in [0, 0.1) is 0 Å². The zero-order valence-corrected chi connectivity index (χ0v) is 17.9. The van der Waals surface area contributed by atoms with Crippen LogP contribution in [0.1, 0.15) is 35.9 Å². The van der Waals surface area contributed by atoms with Gasteiger partial charge in [0, 0.05) is 37.6 Å². The fourth-order valence-electron chi connectivity index (χ4n) is 4.34. The third-order valence-electron chi connectivity index (χ3n) is 5.90. The molecule has 2 unspecified atom stereocenters. The summed E-state index contributed by atoms with van der Waals surface area (Å²) in [4.78, 5) is 0. The molecule has 0 radical (unpaired) electrons. The summed E-state index contributed by atoms with van der Waals surface area (Å²) in [5.41, 5.74) is 2.09. The highest BCUT2D eigenvalue weighted by molar-refractivity contribution is 7.86. The van der Waals surface area contributed by atoms with E-state index in [4.69, 9.17) is 11.6 Å². The van der Waals surface area contributed by atoms with E-state index in [2.05, 4.69) is 0 Å². The molecule has 2 aromatic carbocycles. The van der Waals surface area contributed by atoms with Crippen molar-refractivity contribution >= 4 is 21.8 Å². The maximum atomic E-state index is 13.5. The third kappa shape index (κ3) is 4.07. The summed E-state index contributed by atoms with van der Waals surface area (Å²) in [6.07, 6.45) is -0.421. The van der Waals surface area contributed by atoms with Crippen LogP contribution in [0.3, 0.4) is 0 Å². The molecule has 4 rings (SSSR count). The Morgan fingerprint density at radius 3 is 2.21 bits per heavy atom. The van der Waals surface area contributed by atoms with Crippen molar-refractivity contribution in [3.8, 4) is 0 Å². The second-order valence-electron chi connectivity index (χ2n) is 7.67. The number of halogens is 2. The molecule has 0 aromatic heterocycles. The molecule has 5 nitrogen and oxygen atoms in total. The number of hydrazine groups is 1. The Hall–Kier alpha value is -1.51. The predicted octanol–water partition coefficient (Wildman–Crippen LogP) is 4.01. The molecule has 2 atom stereocenters. The summed E-state index contributed by atoms with van der Waals surface area (Å²) in [7, 11) is -1.92. The fourth-order valence-corrected chi connectivity index (χ4v) is 6.18. The maximum Gasteiger partial charge on any atom is 0.295 e. The molecule has 156 valence electrons. The van der Waals surface area contributed by atoms with Crippen molar-refractivity contribution in [2.45, 2.75) is 31.0 Å². The van der Waals surface area contributed by atoms with E-state index >= 15 is 0 Å². The Labute approximate surface area is 176 Å². The van der Waals surface area contributed by atoms with Crippen LogP contribution in [-0.4, -0.2) is 55.0 Å². The van der Waals surface area contributed by atoms with E-state index in [1.165, 1.54) is 8.72 Å². The standard InChI is InChI=1S/C21H25ClFN3O2S/c1-24-21(17-7-9-18(22)10-8-17)20(16-5-3-2-4-6-16)15-26(24)29(27,28)25-13-11-19(23)12-14-25/h2-10,19-21H,11-15H2,1H3. The quantitative estimate of drug-likeness (QED) is 0.726. The SMILES string of the molecule is CN1C(c2ccc(Cl)cc2)C(c2ccccc2)CN1S(=O)(=O)N1CCC(F)CC1. The minimum absolute atomic E-state index is 0.0316. The second-order valence-corrected chi connectivity index (χ2v) is 9.94. The second kappa shape index (κ2) is 8.32. The molecule has 2 heterocycles. The first-order chi connectivity index (χ1) is 13.9. The third-order valence-corrected chi connectivity index (χ3v) is 8.11. The number of alkyl halides is 1. The van der Waals surface area contributed by atoms with Gasteiger partial charge in [-0.25, -0.2) is 9.40 Å². The van der Waals surface area contributed by atoms with E-state index in [0.29, 0.717) is 11.6 Å². The molecule has 2 aliphatic heterocycles. The van der Waals surface area contributed by atoms with Gasteiger partial charge in [-0.15, -0.1) is 4.41 Å². The van der Waals surface area contributed by atoms with Gasteiger partial charge in [0.15, 0.2) is 0 Å². The summed E-state index contributed by atoms with van der Waals surface area (Å²) >= 11 is 6.07. The Morgan fingerprint density at radius 1 is 0.966 bits per heavy atom. The van der Waals surface area contributed by atoms with Crippen molar-refractivity contribution in [1.29, 1.82) is 0 Å². The molecule has 0 N–H and O–H groups in total. The van der Waals surface area contributed by atoms with Crippen molar-refractivity contribution in [1.82, 2.24) is 13.7 Å². The maximum absolute atomic E-state index is 13.5. The van der Waals surface area contributed by atoms with Gasteiger partial charge in [-0.2, -0.15) is 12.7 Å². The highest BCUT2D eigenvalue weighted by atomic mass is 35.5. The van der Waals surface area contributed by atoms with Crippen LogP contribution in [0.4, 0.5) is 4.39 Å². The van der Waals surface area contributed by atoms with Gasteiger partial charge in [0.1, 0.15) is 6.17 Å². The molecule has 0 aliphatic carbocycles. The van der Waals surface area contributed by atoms with Crippen molar-refractivity contribution in [2.75, 3.05) is 26.7 Å². The van der Waals surface area contributed by atoms with Gasteiger partial charge in [-0.3, -0.25) is 0 Å². The monoisotopic (exact) mass is 437 g/mol. The van der Waals surface area contributed by atoms with Crippen molar-refractivity contribution < 1.29 is 12.8 Å². The van der Waals surface area contributed by atoms with Crippen molar-refractivity contribution in [2.24, 2.45) is 0 Å². The molecule has 0 saturated carbocycles. The van der Waals surface area contributed by atoms with Crippen LogP contribution < -0.4 is 0 Å². The first-order valence-corrected chi connectivity index (χ1v) is 11.6. The van der Waals surface area contributed by atoms with E-state index in [0.717, 1.165) is 11.1 Å². The number of benzene rings is 2. The first kappa shape index (κ1) is 20.8. The number of piperidine rings is 1. The summed E-state index contributed by atoms with van der Waals surface area (Å²) in [5, 5.41) is 2.45. The number of likely N-dealkylation sites (N-methyl/N-ethyl adjacent to an activating group) is 1. The van der Waals surface area contributed by atoms with Crippen LogP contribution in [-0.2, 0) is 10.2 Å². The lowest BCUT2D eigenvalue weighted by Gasteiger charge is -2.35. The van der Waals surface area contributed by atoms with E-state index in [1.807, 2.05) is 61.6 Å². The molecular formula is C21H25ClFN3O2S. The summed E-state index contributed by atoms with van der Waals surface area (Å²) < 4.78 is 43.2. The zero-order valence-electron chi connectivity index (χ0n) is 16.3. The molecule has 2 saturated heterocycles. The van der Waals surface area contributed by atoms with E-state index in [9.17, 15) is 12.8 Å². The lowest BCUT2D eigenvalue weighted by atomic mass is 9.88. The van der Waals surface area contributed by atoms with E-state index in [1.54, 1.807) is 5.01 Å². The minimum atomic E-state index is -3.72. The van der Waals surface area contributed by atoms with Crippen LogP contribution in [0.25, 0.3) is 0 Å². The lowest BCUT2D eigenvalue weighted by Crippen LogP contribution is -2.50. The smallest absolute Gasteiger partial charge is 0.247 e. The van der Waals surface area contributed by atoms with Crippen molar-refractivity contribution in [3.05, 3.63) is 70.7 Å². The van der Waals surface area contributed by atoms with Crippen molar-refractivity contribution in [3.63, 3.8) is 0 Å². The minimum Gasteiger partial charge on any atom is -0.247 e. The van der Waals surface area contributed by atoms with Gasteiger partial charge < -0.3 is 0 Å². The van der Waals surface area contributed by atoms with Crippen LogP contribution >= 0.6 is 11.6 Å². The lowest BCUT2D eigenvalue weighted by molar-refractivity contribution is 0.0982. The van der Waals surface area contributed by atoms with Gasteiger partial charge >= 0.3 is 0 Å². The van der Waals surface area contributed by atoms with Crippen LogP contribution in [0.15, 0.2) is 54.6 Å². The van der Waals surface area contributed by atoms with Crippen LogP contribution in [0.2, 0.25) is 5.02 Å². The van der Waals surface area contributed by atoms with Crippen LogP contribution in [0.5, 0.6) is 0 Å². The highest BCUT2D eigenvalue weighted by Gasteiger charge is 2.47. The first-order valence-electron chi connectivity index (χ1n) is 9.83. The molecule has 8 heteroatoms. The number of hydrogen-bond acceptors (Lipinski definition) is 3. The van der Waals surface area contributed by atoms with Gasteiger partial charge in [0.25, 0.3) is 10.2 Å². The zero-order chi connectivity index (χ0) is 20.6. The van der Waals surface area contributed by atoms with Gasteiger partial charge in [0.05, 0.1) is 6.04 Å². The molecule has 2 aliphatic rings. The Kier molecular flexibility index (Phi) is 5.95. The van der Waals surface area contributed by atoms with Gasteiger partial charge in [0.2, 0.25) is 0 Å². The normalized spacial score (nSPS) is 25.5. The molecule has 29 heavy (non-hydrogen) atoms. The average molecular weight is 438 g/mol. The summed E-state index contributed by atoms with van der Waals surface area (Å²) in [6.45, 7) is 0.774. The number of rotatable bonds is 4. The summed E-state index contributed by atoms with van der Waals surface area (Å²) in [5.74, 6) is -0.0316. The molecule has 0 amide bonds. The van der Waals surface area contributed by atoms with E-state index < -0.39 is 16.4 Å². The van der Waals surface area contributed by atoms with Gasteiger partial charge in [-0.05, 0) is 36.1 Å².